The number of nitrogens with one attached hydrogen (secondary N) is 2. The summed E-state index contributed by atoms with van der Waals surface area (Å²) in [6, 6.07) is 0.236. The predicted octanol–water partition coefficient (Wildman–Crippen LogP) is 3.00. The van der Waals surface area contributed by atoms with E-state index in [2.05, 4.69) is 15.3 Å². The molecule has 7 nitrogen and oxygen atoms in total. The van der Waals surface area contributed by atoms with Gasteiger partial charge in [-0.25, -0.2) is 14.6 Å². The topological polar surface area (TPSA) is 89.0 Å². The van der Waals surface area contributed by atoms with Crippen molar-refractivity contribution in [1.29, 1.82) is 0 Å². The van der Waals surface area contributed by atoms with Gasteiger partial charge in [0.05, 0.1) is 18.6 Å². The Kier molecular flexibility index (Phi) is 3.96. The summed E-state index contributed by atoms with van der Waals surface area (Å²) in [6.07, 6.45) is 2.21. The zero-order chi connectivity index (χ0) is 18.4. The molecule has 3 rings (SSSR count). The molecule has 2 atom stereocenters. The number of hydrogen-bond acceptors (Lipinski definition) is 4. The number of H-pyrrole nitrogens is 1. The number of carbonyl (C=O) groups is 1. The highest BCUT2D eigenvalue weighted by molar-refractivity contribution is 6.29. The number of nitrogens with zero attached hydrogens (tertiary/aromatic N) is 2. The van der Waals surface area contributed by atoms with Crippen LogP contribution in [-0.2, 0) is 4.74 Å². The van der Waals surface area contributed by atoms with Crippen LogP contribution in [-0.4, -0.2) is 32.2 Å². The van der Waals surface area contributed by atoms with E-state index >= 15 is 0 Å². The number of pyridine rings is 1. The van der Waals surface area contributed by atoms with Gasteiger partial charge in [-0.1, -0.05) is 11.6 Å². The van der Waals surface area contributed by atoms with Crippen LogP contribution < -0.4 is 11.0 Å². The lowest BCUT2D eigenvalue weighted by Crippen LogP contribution is -2.38. The van der Waals surface area contributed by atoms with Crippen molar-refractivity contribution >= 4 is 28.7 Å². The average molecular weight is 354 g/mol. The van der Waals surface area contributed by atoms with Crippen LogP contribution >= 0.6 is 11.6 Å². The van der Waals surface area contributed by atoms with Crippen molar-refractivity contribution in [2.24, 2.45) is 0 Å². The maximum Gasteiger partial charge on any atom is 0.407 e. The number of alkyl carbamates (subject to hydrolysis) is 1. The molecule has 130 valence electrons. The Morgan fingerprint density at radius 3 is 3.00 bits per heavy atom. The van der Waals surface area contributed by atoms with E-state index in [1.54, 1.807) is 31.4 Å². The lowest BCUT2D eigenvalue weighted by Gasteiger charge is -2.21. The summed E-state index contributed by atoms with van der Waals surface area (Å²) in [5, 5.41) is 2.92. The zero-order valence-corrected chi connectivity index (χ0v) is 14.6. The van der Waals surface area contributed by atoms with Crippen molar-refractivity contribution in [3.8, 4) is 0 Å². The van der Waals surface area contributed by atoms with Gasteiger partial charge < -0.3 is 15.0 Å². The Labute approximate surface area is 145 Å². The molecule has 0 spiro atoms. The summed E-state index contributed by atoms with van der Waals surface area (Å²) in [5.41, 5.74) is 0.342. The molecule has 0 saturated heterocycles. The minimum absolute atomic E-state index is 0.216. The molecule has 2 aromatic rings. The van der Waals surface area contributed by atoms with Gasteiger partial charge in [0.2, 0.25) is 0 Å². The molecule has 0 aromatic carbocycles. The van der Waals surface area contributed by atoms with Gasteiger partial charge in [0.25, 0.3) is 0 Å². The van der Waals surface area contributed by atoms with Gasteiger partial charge in [0.15, 0.2) is 0 Å². The highest BCUT2D eigenvalue weighted by Crippen LogP contribution is 2.31. The number of ether oxygens (including phenoxy) is 1. The first-order valence-corrected chi connectivity index (χ1v) is 8.21. The molecule has 0 unspecified atom stereocenters. The summed E-state index contributed by atoms with van der Waals surface area (Å²) in [7, 11) is 0. The predicted molar refractivity (Wildman–Crippen MR) is 91.4 cm³/mol. The Hall–Kier alpha value is -2.02. The molecule has 2 heterocycles. The number of hydrogen-bond donors (Lipinski definition) is 2. The third kappa shape index (κ3) is 3.56. The number of rotatable bonds is 2. The zero-order valence-electron chi connectivity index (χ0n) is 14.9. The molecule has 2 aromatic heterocycles. The first kappa shape index (κ1) is 15.5. The second-order valence-corrected chi connectivity index (χ2v) is 7.34. The van der Waals surface area contributed by atoms with Crippen molar-refractivity contribution in [2.75, 3.05) is 0 Å². The lowest BCUT2D eigenvalue weighted by atomic mass is 10.2. The van der Waals surface area contributed by atoms with E-state index in [1.165, 1.54) is 6.20 Å². The fourth-order valence-corrected chi connectivity index (χ4v) is 3.13. The quantitative estimate of drug-likeness (QED) is 0.812. The molecule has 1 saturated carbocycles. The largest absolute Gasteiger partial charge is 0.444 e. The van der Waals surface area contributed by atoms with Gasteiger partial charge >= 0.3 is 11.8 Å². The number of aromatic amines is 1. The molecule has 0 bridgehead atoms. The number of amides is 1. The van der Waals surface area contributed by atoms with Gasteiger partial charge in [-0.15, -0.1) is 0 Å². The SMILES string of the molecule is [2H][C@@]1(NC(=O)OC(C)(C)C)CC[C@@H](n2c(=O)[nH]c3cnc(Cl)cc32)C1. The molecule has 1 aliphatic carbocycles. The summed E-state index contributed by atoms with van der Waals surface area (Å²) in [5.74, 6) is 0. The number of aromatic nitrogens is 3. The average Bonchev–Trinajstić information content (AvgIpc) is 2.95. The van der Waals surface area contributed by atoms with Crippen molar-refractivity contribution in [2.45, 2.75) is 57.7 Å². The van der Waals surface area contributed by atoms with E-state index < -0.39 is 17.7 Å². The Bertz CT molecular complexity index is 872. The Morgan fingerprint density at radius 2 is 2.29 bits per heavy atom. The fraction of sp³-hybridized carbons (Fsp3) is 0.562. The minimum atomic E-state index is -1.17. The monoisotopic (exact) mass is 353 g/mol. The maximum absolute atomic E-state index is 12.3. The van der Waals surface area contributed by atoms with E-state index in [9.17, 15) is 9.59 Å². The van der Waals surface area contributed by atoms with Crippen LogP contribution in [0.5, 0.6) is 0 Å². The summed E-state index contributed by atoms with van der Waals surface area (Å²) >= 11 is 5.94. The first-order valence-electron chi connectivity index (χ1n) is 8.33. The molecule has 0 radical (unpaired) electrons. The third-order valence-electron chi connectivity index (χ3n) is 3.87. The van der Waals surface area contributed by atoms with Crippen LogP contribution in [0, 0.1) is 0 Å². The van der Waals surface area contributed by atoms with Crippen LogP contribution in [0.2, 0.25) is 5.15 Å². The molecule has 0 aliphatic heterocycles. The number of carbonyl (C=O) groups excluding carboxylic acids is 1. The molecule has 1 fully saturated rings. The Morgan fingerprint density at radius 1 is 1.54 bits per heavy atom. The number of imidazole rings is 1. The molecule has 1 aliphatic rings. The van der Waals surface area contributed by atoms with E-state index in [0.29, 0.717) is 35.4 Å². The van der Waals surface area contributed by atoms with Crippen LogP contribution in [0.1, 0.15) is 47.4 Å². The van der Waals surface area contributed by atoms with Crippen LogP contribution in [0.15, 0.2) is 17.1 Å². The molecular weight excluding hydrogens is 332 g/mol. The summed E-state index contributed by atoms with van der Waals surface area (Å²) < 4.78 is 15.3. The van der Waals surface area contributed by atoms with Crippen LogP contribution in [0.3, 0.4) is 0 Å². The van der Waals surface area contributed by atoms with Crippen molar-refractivity contribution in [3.05, 3.63) is 27.9 Å². The highest BCUT2D eigenvalue weighted by Gasteiger charge is 2.30. The van der Waals surface area contributed by atoms with Crippen molar-refractivity contribution < 1.29 is 10.9 Å². The number of fused-ring (bicyclic) bond motifs is 1. The molecule has 2 N–H and O–H groups in total. The lowest BCUT2D eigenvalue weighted by molar-refractivity contribution is 0.0505. The third-order valence-corrected chi connectivity index (χ3v) is 4.08. The summed E-state index contributed by atoms with van der Waals surface area (Å²) in [6.45, 7) is 5.30. The van der Waals surface area contributed by atoms with E-state index in [4.69, 9.17) is 17.7 Å². The normalized spacial score (nSPS) is 24.8. The van der Waals surface area contributed by atoms with E-state index in [0.717, 1.165) is 0 Å². The fourth-order valence-electron chi connectivity index (χ4n) is 2.97. The number of halogens is 1. The van der Waals surface area contributed by atoms with Crippen LogP contribution in [0.4, 0.5) is 4.79 Å². The van der Waals surface area contributed by atoms with Gasteiger partial charge in [0.1, 0.15) is 10.8 Å². The van der Waals surface area contributed by atoms with Gasteiger partial charge in [0, 0.05) is 18.1 Å². The minimum Gasteiger partial charge on any atom is -0.444 e. The highest BCUT2D eigenvalue weighted by atomic mass is 35.5. The first-order chi connectivity index (χ1) is 11.6. The van der Waals surface area contributed by atoms with Gasteiger partial charge in [-0.3, -0.25) is 4.57 Å². The Balaban J connectivity index is 1.81. The molecule has 1 amide bonds. The molecule has 24 heavy (non-hydrogen) atoms. The van der Waals surface area contributed by atoms with Gasteiger partial charge in [-0.05, 0) is 40.0 Å². The van der Waals surface area contributed by atoms with Crippen LogP contribution in [0.25, 0.3) is 11.0 Å². The van der Waals surface area contributed by atoms with Crippen molar-refractivity contribution in [3.63, 3.8) is 0 Å². The van der Waals surface area contributed by atoms with Gasteiger partial charge in [-0.2, -0.15) is 0 Å². The van der Waals surface area contributed by atoms with E-state index in [-0.39, 0.29) is 11.7 Å². The van der Waals surface area contributed by atoms with Crippen molar-refractivity contribution in [1.82, 2.24) is 19.9 Å². The smallest absolute Gasteiger partial charge is 0.407 e. The molecule has 8 heteroatoms. The maximum atomic E-state index is 12.3. The second-order valence-electron chi connectivity index (χ2n) is 6.95. The summed E-state index contributed by atoms with van der Waals surface area (Å²) in [4.78, 5) is 31.0. The standard InChI is InChI=1S/C16H21ClN4O3/c1-16(2,3)24-15(23)19-9-4-5-10(6-9)21-12-7-13(17)18-8-11(12)20-14(21)22/h7-10H,4-6H2,1-3H3,(H,19,23)(H,20,22)/t9-,10-/m1/s1/i9D. The van der Waals surface area contributed by atoms with E-state index in [1.807, 2.05) is 0 Å². The second kappa shape index (κ2) is 6.12. The molecular formula is C16H21ClN4O3.